The fourth-order valence-corrected chi connectivity index (χ4v) is 4.45. The van der Waals surface area contributed by atoms with Crippen molar-refractivity contribution in [2.24, 2.45) is 11.3 Å². The third-order valence-electron chi connectivity index (χ3n) is 6.47. The van der Waals surface area contributed by atoms with Crippen LogP contribution >= 0.6 is 0 Å². The molecule has 0 amide bonds. The van der Waals surface area contributed by atoms with E-state index in [9.17, 15) is 14.7 Å². The van der Waals surface area contributed by atoms with Gasteiger partial charge in [-0.25, -0.2) is 0 Å². The molecule has 4 heteroatoms. The largest absolute Gasteiger partial charge is 0.480 e. The molecule has 4 nitrogen and oxygen atoms in total. The Labute approximate surface area is 179 Å². The van der Waals surface area contributed by atoms with Crippen LogP contribution in [0, 0.1) is 11.3 Å². The molecule has 1 unspecified atom stereocenters. The minimum Gasteiger partial charge on any atom is -0.480 e. The lowest BCUT2D eigenvalue weighted by molar-refractivity contribution is -0.175. The van der Waals surface area contributed by atoms with E-state index >= 15 is 0 Å². The second-order valence-electron chi connectivity index (χ2n) is 9.56. The number of rotatable bonds is 16. The molecular weight excluding hydrogens is 364 g/mol. The van der Waals surface area contributed by atoms with Crippen LogP contribution in [-0.2, 0) is 14.3 Å². The number of carbonyl (C=O) groups is 2. The van der Waals surface area contributed by atoms with E-state index in [0.717, 1.165) is 51.4 Å². The summed E-state index contributed by atoms with van der Waals surface area (Å²) in [5.74, 6) is -0.827. The van der Waals surface area contributed by atoms with E-state index in [4.69, 9.17) is 4.74 Å². The number of carbonyl (C=O) groups excluding carboxylic acids is 1. The van der Waals surface area contributed by atoms with Gasteiger partial charge in [-0.3, -0.25) is 9.59 Å². The van der Waals surface area contributed by atoms with Gasteiger partial charge in [0.15, 0.2) is 5.41 Å². The molecule has 0 radical (unpaired) electrons. The van der Waals surface area contributed by atoms with E-state index in [1.807, 2.05) is 0 Å². The zero-order valence-corrected chi connectivity index (χ0v) is 19.3. The SMILES string of the molecule is CCCCCCCCCCC(CCCC(C)C)OC(=O)C1(C(=O)O)CCCCC1. The summed E-state index contributed by atoms with van der Waals surface area (Å²) in [5, 5.41) is 9.75. The summed E-state index contributed by atoms with van der Waals surface area (Å²) in [6, 6.07) is 0. The zero-order chi connectivity index (χ0) is 21.5. The number of unbranched alkanes of at least 4 members (excludes halogenated alkanes) is 7. The third kappa shape index (κ3) is 10.00. The second-order valence-corrected chi connectivity index (χ2v) is 9.56. The summed E-state index contributed by atoms with van der Waals surface area (Å²) in [5.41, 5.74) is -1.30. The molecule has 1 saturated carbocycles. The molecule has 29 heavy (non-hydrogen) atoms. The van der Waals surface area contributed by atoms with Gasteiger partial charge in [-0.2, -0.15) is 0 Å². The van der Waals surface area contributed by atoms with Crippen LogP contribution in [0.1, 0.15) is 130 Å². The molecule has 0 aromatic rings. The van der Waals surface area contributed by atoms with E-state index in [0.29, 0.717) is 18.8 Å². The third-order valence-corrected chi connectivity index (χ3v) is 6.47. The maximum atomic E-state index is 12.9. The molecule has 1 N–H and O–H groups in total. The van der Waals surface area contributed by atoms with Crippen molar-refractivity contribution in [2.75, 3.05) is 0 Å². The van der Waals surface area contributed by atoms with Crippen molar-refractivity contribution in [3.05, 3.63) is 0 Å². The molecule has 0 aliphatic heterocycles. The van der Waals surface area contributed by atoms with Gasteiger partial charge in [0, 0.05) is 0 Å². The van der Waals surface area contributed by atoms with Gasteiger partial charge >= 0.3 is 11.9 Å². The fourth-order valence-electron chi connectivity index (χ4n) is 4.45. The van der Waals surface area contributed by atoms with Crippen LogP contribution in [0.25, 0.3) is 0 Å². The van der Waals surface area contributed by atoms with Crippen molar-refractivity contribution in [1.82, 2.24) is 0 Å². The quantitative estimate of drug-likeness (QED) is 0.165. The summed E-state index contributed by atoms with van der Waals surface area (Å²) in [7, 11) is 0. The topological polar surface area (TPSA) is 63.6 Å². The first-order valence-corrected chi connectivity index (χ1v) is 12.4. The van der Waals surface area contributed by atoms with Crippen molar-refractivity contribution in [3.63, 3.8) is 0 Å². The molecule has 0 saturated heterocycles. The molecule has 0 aromatic heterocycles. The zero-order valence-electron chi connectivity index (χ0n) is 19.3. The molecule has 0 aromatic carbocycles. The van der Waals surface area contributed by atoms with E-state index < -0.39 is 17.4 Å². The minimum atomic E-state index is -1.30. The Bertz CT molecular complexity index is 452. The maximum Gasteiger partial charge on any atom is 0.323 e. The average Bonchev–Trinajstić information content (AvgIpc) is 2.69. The first kappa shape index (κ1) is 26.0. The van der Waals surface area contributed by atoms with Crippen LogP contribution in [0.5, 0.6) is 0 Å². The lowest BCUT2D eigenvalue weighted by Gasteiger charge is -2.32. The van der Waals surface area contributed by atoms with E-state index in [1.165, 1.54) is 44.9 Å². The van der Waals surface area contributed by atoms with Crippen LogP contribution in [0.3, 0.4) is 0 Å². The highest BCUT2D eigenvalue weighted by Gasteiger charge is 2.48. The Kier molecular flexibility index (Phi) is 13.3. The minimum absolute atomic E-state index is 0.125. The Balaban J connectivity index is 2.50. The predicted molar refractivity (Wildman–Crippen MR) is 119 cm³/mol. The lowest BCUT2D eigenvalue weighted by atomic mass is 9.74. The normalized spacial score (nSPS) is 17.2. The molecular formula is C25H46O4. The van der Waals surface area contributed by atoms with Crippen molar-refractivity contribution < 1.29 is 19.4 Å². The van der Waals surface area contributed by atoms with Gasteiger partial charge in [-0.05, 0) is 44.4 Å². The standard InChI is InChI=1S/C25H46O4/c1-4-5-6-7-8-9-10-12-17-22(18-15-16-21(2)3)29-24(28)25(23(26)27)19-13-11-14-20-25/h21-22H,4-20H2,1-3H3,(H,26,27). The molecule has 0 bridgehead atoms. The summed E-state index contributed by atoms with van der Waals surface area (Å²) in [6.07, 6.45) is 17.3. The molecule has 1 aliphatic rings. The smallest absolute Gasteiger partial charge is 0.323 e. The number of carboxylic acids is 1. The van der Waals surface area contributed by atoms with Crippen LogP contribution in [0.15, 0.2) is 0 Å². The van der Waals surface area contributed by atoms with E-state index in [2.05, 4.69) is 20.8 Å². The molecule has 1 rings (SSSR count). The molecule has 1 atom stereocenters. The highest BCUT2D eigenvalue weighted by atomic mass is 16.5. The molecule has 0 heterocycles. The van der Waals surface area contributed by atoms with Crippen molar-refractivity contribution in [2.45, 2.75) is 136 Å². The average molecular weight is 411 g/mol. The van der Waals surface area contributed by atoms with E-state index in [-0.39, 0.29) is 6.10 Å². The van der Waals surface area contributed by atoms with Crippen LogP contribution in [0.2, 0.25) is 0 Å². The first-order valence-electron chi connectivity index (χ1n) is 12.4. The van der Waals surface area contributed by atoms with Gasteiger partial charge < -0.3 is 9.84 Å². The molecule has 0 spiro atoms. The van der Waals surface area contributed by atoms with Crippen molar-refractivity contribution >= 4 is 11.9 Å². The Hall–Kier alpha value is -1.06. The number of aliphatic carboxylic acids is 1. The Morgan fingerprint density at radius 1 is 0.828 bits per heavy atom. The fraction of sp³-hybridized carbons (Fsp3) is 0.920. The monoisotopic (exact) mass is 410 g/mol. The summed E-state index contributed by atoms with van der Waals surface area (Å²) in [6.45, 7) is 6.66. The molecule has 1 fully saturated rings. The van der Waals surface area contributed by atoms with Gasteiger partial charge in [0.05, 0.1) is 0 Å². The van der Waals surface area contributed by atoms with Gasteiger partial charge in [0.1, 0.15) is 6.10 Å². The highest BCUT2D eigenvalue weighted by Crippen LogP contribution is 2.38. The lowest BCUT2D eigenvalue weighted by Crippen LogP contribution is -2.43. The Morgan fingerprint density at radius 2 is 1.38 bits per heavy atom. The summed E-state index contributed by atoms with van der Waals surface area (Å²) < 4.78 is 5.88. The van der Waals surface area contributed by atoms with Gasteiger partial charge in [0.2, 0.25) is 0 Å². The first-order chi connectivity index (χ1) is 13.9. The number of hydrogen-bond acceptors (Lipinski definition) is 3. The summed E-state index contributed by atoms with van der Waals surface area (Å²) >= 11 is 0. The van der Waals surface area contributed by atoms with Gasteiger partial charge in [-0.15, -0.1) is 0 Å². The summed E-state index contributed by atoms with van der Waals surface area (Å²) in [4.78, 5) is 24.8. The number of carboxylic acid groups (broad SMARTS) is 1. The van der Waals surface area contributed by atoms with Gasteiger partial charge in [-0.1, -0.05) is 91.4 Å². The van der Waals surface area contributed by atoms with Crippen LogP contribution in [-0.4, -0.2) is 23.1 Å². The van der Waals surface area contributed by atoms with Gasteiger partial charge in [0.25, 0.3) is 0 Å². The van der Waals surface area contributed by atoms with Crippen LogP contribution < -0.4 is 0 Å². The van der Waals surface area contributed by atoms with Crippen molar-refractivity contribution in [1.29, 1.82) is 0 Å². The molecule has 170 valence electrons. The molecule has 1 aliphatic carbocycles. The second kappa shape index (κ2) is 14.8. The maximum absolute atomic E-state index is 12.9. The number of esters is 1. The predicted octanol–water partition coefficient (Wildman–Crippen LogP) is 7.29. The van der Waals surface area contributed by atoms with E-state index in [1.54, 1.807) is 0 Å². The van der Waals surface area contributed by atoms with Crippen molar-refractivity contribution in [3.8, 4) is 0 Å². The van der Waals surface area contributed by atoms with Crippen LogP contribution in [0.4, 0.5) is 0 Å². The number of hydrogen-bond donors (Lipinski definition) is 1. The Morgan fingerprint density at radius 3 is 1.93 bits per heavy atom. The number of ether oxygens (including phenoxy) is 1. The highest BCUT2D eigenvalue weighted by molar-refractivity contribution is 5.99.